The van der Waals surface area contributed by atoms with E-state index in [2.05, 4.69) is 5.10 Å². The molecule has 1 aromatic heterocycles. The predicted molar refractivity (Wildman–Crippen MR) is 80.6 cm³/mol. The van der Waals surface area contributed by atoms with Crippen LogP contribution < -0.4 is 4.90 Å². The van der Waals surface area contributed by atoms with Crippen LogP contribution in [0.15, 0.2) is 0 Å². The van der Waals surface area contributed by atoms with Crippen molar-refractivity contribution < 1.29 is 10.0 Å². The quantitative estimate of drug-likeness (QED) is 0.665. The Morgan fingerprint density at radius 3 is 2.81 bits per heavy atom. The van der Waals surface area contributed by atoms with Crippen molar-refractivity contribution in [2.24, 2.45) is 0 Å². The Morgan fingerprint density at radius 1 is 1.43 bits per heavy atom. The SMILES string of the molecule is CCCn1nc(C)c([N+](=O)[O-])c1N1CCCCCC1CO. The number of aryl methyl sites for hydroxylation is 2. The van der Waals surface area contributed by atoms with Crippen molar-refractivity contribution in [3.05, 3.63) is 15.8 Å². The highest BCUT2D eigenvalue weighted by atomic mass is 16.6. The molecule has 0 radical (unpaired) electrons. The average Bonchev–Trinajstić information content (AvgIpc) is 2.63. The molecule has 1 N–H and O–H groups in total. The molecule has 21 heavy (non-hydrogen) atoms. The number of aliphatic hydroxyl groups is 1. The van der Waals surface area contributed by atoms with Crippen molar-refractivity contribution >= 4 is 11.5 Å². The Bertz CT molecular complexity index is 501. The van der Waals surface area contributed by atoms with Gasteiger partial charge in [-0.15, -0.1) is 0 Å². The molecule has 0 aliphatic carbocycles. The molecule has 1 atom stereocenters. The van der Waals surface area contributed by atoms with Gasteiger partial charge in [-0.1, -0.05) is 19.8 Å². The minimum absolute atomic E-state index is 0.0213. The summed E-state index contributed by atoms with van der Waals surface area (Å²) in [6, 6.07) is -0.0575. The van der Waals surface area contributed by atoms with Gasteiger partial charge in [0.1, 0.15) is 5.69 Å². The van der Waals surface area contributed by atoms with E-state index < -0.39 is 0 Å². The molecular weight excluding hydrogens is 272 g/mol. The molecule has 118 valence electrons. The van der Waals surface area contributed by atoms with Crippen LogP contribution in [0, 0.1) is 17.0 Å². The van der Waals surface area contributed by atoms with Gasteiger partial charge in [0.25, 0.3) is 0 Å². The summed E-state index contributed by atoms with van der Waals surface area (Å²) in [5, 5.41) is 25.5. The molecule has 2 heterocycles. The topological polar surface area (TPSA) is 84.4 Å². The standard InChI is InChI=1S/C14H24N4O3/c1-3-8-17-14(13(18(20)21)11(2)15-17)16-9-6-4-5-7-12(16)10-19/h12,19H,3-10H2,1-2H3. The smallest absolute Gasteiger partial charge is 0.333 e. The molecule has 0 spiro atoms. The fourth-order valence-electron chi connectivity index (χ4n) is 3.07. The van der Waals surface area contributed by atoms with Crippen LogP contribution in [0.3, 0.4) is 0 Å². The number of aromatic nitrogens is 2. The van der Waals surface area contributed by atoms with Crippen molar-refractivity contribution in [1.82, 2.24) is 9.78 Å². The highest BCUT2D eigenvalue weighted by molar-refractivity contribution is 5.62. The predicted octanol–water partition coefficient (Wildman–Crippen LogP) is 2.25. The molecule has 1 aromatic rings. The Morgan fingerprint density at radius 2 is 2.19 bits per heavy atom. The lowest BCUT2D eigenvalue weighted by molar-refractivity contribution is -0.384. The van der Waals surface area contributed by atoms with Crippen molar-refractivity contribution in [3.8, 4) is 0 Å². The molecule has 1 fully saturated rings. The van der Waals surface area contributed by atoms with Crippen LogP contribution in [0.2, 0.25) is 0 Å². The van der Waals surface area contributed by atoms with Gasteiger partial charge in [0, 0.05) is 13.1 Å². The molecule has 2 rings (SSSR count). The van der Waals surface area contributed by atoms with E-state index in [-0.39, 0.29) is 23.3 Å². The molecule has 0 amide bonds. The summed E-state index contributed by atoms with van der Waals surface area (Å²) in [5.74, 6) is 0.570. The second-order valence-electron chi connectivity index (χ2n) is 5.62. The summed E-state index contributed by atoms with van der Waals surface area (Å²) < 4.78 is 1.74. The normalized spacial score (nSPS) is 19.6. The third-order valence-electron chi connectivity index (χ3n) is 4.05. The van der Waals surface area contributed by atoms with Gasteiger partial charge < -0.3 is 10.0 Å². The zero-order chi connectivity index (χ0) is 15.4. The maximum atomic E-state index is 11.4. The molecule has 1 aliphatic rings. The fourth-order valence-corrected chi connectivity index (χ4v) is 3.07. The molecule has 0 saturated carbocycles. The molecule has 7 nitrogen and oxygen atoms in total. The first kappa shape index (κ1) is 15.8. The summed E-state index contributed by atoms with van der Waals surface area (Å²) in [4.78, 5) is 13.1. The first-order valence-corrected chi connectivity index (χ1v) is 7.69. The molecule has 1 aliphatic heterocycles. The van der Waals surface area contributed by atoms with Crippen molar-refractivity contribution in [1.29, 1.82) is 0 Å². The lowest BCUT2D eigenvalue weighted by atomic mass is 10.1. The van der Waals surface area contributed by atoms with Gasteiger partial charge in [0.2, 0.25) is 5.82 Å². The van der Waals surface area contributed by atoms with Gasteiger partial charge in [-0.3, -0.25) is 10.1 Å². The molecule has 7 heteroatoms. The lowest BCUT2D eigenvalue weighted by Crippen LogP contribution is -2.39. The van der Waals surface area contributed by atoms with Gasteiger partial charge in [0.05, 0.1) is 17.6 Å². The van der Waals surface area contributed by atoms with Crippen LogP contribution in [-0.2, 0) is 6.54 Å². The summed E-state index contributed by atoms with van der Waals surface area (Å²) in [7, 11) is 0. The minimum Gasteiger partial charge on any atom is -0.394 e. The van der Waals surface area contributed by atoms with Gasteiger partial charge in [-0.25, -0.2) is 4.68 Å². The van der Waals surface area contributed by atoms with Crippen molar-refractivity contribution in [3.63, 3.8) is 0 Å². The Kier molecular flexibility index (Phi) is 5.17. The van der Waals surface area contributed by atoms with Gasteiger partial charge in [-0.2, -0.15) is 5.10 Å². The zero-order valence-electron chi connectivity index (χ0n) is 12.8. The van der Waals surface area contributed by atoms with E-state index in [1.165, 1.54) is 0 Å². The zero-order valence-corrected chi connectivity index (χ0v) is 12.8. The molecule has 1 saturated heterocycles. The first-order chi connectivity index (χ1) is 10.1. The van der Waals surface area contributed by atoms with E-state index in [0.29, 0.717) is 18.1 Å². The molecular formula is C14H24N4O3. The first-order valence-electron chi connectivity index (χ1n) is 7.69. The highest BCUT2D eigenvalue weighted by Crippen LogP contribution is 2.35. The number of rotatable bonds is 5. The molecule has 1 unspecified atom stereocenters. The molecule has 0 bridgehead atoms. The van der Waals surface area contributed by atoms with Crippen LogP contribution in [0.5, 0.6) is 0 Å². The largest absolute Gasteiger partial charge is 0.394 e. The highest BCUT2D eigenvalue weighted by Gasteiger charge is 2.33. The average molecular weight is 296 g/mol. The minimum atomic E-state index is -0.344. The summed E-state index contributed by atoms with van der Waals surface area (Å²) >= 11 is 0. The maximum absolute atomic E-state index is 11.4. The number of nitro groups is 1. The van der Waals surface area contributed by atoms with Crippen LogP contribution in [0.1, 0.15) is 44.7 Å². The number of nitrogens with zero attached hydrogens (tertiary/aromatic N) is 4. The van der Waals surface area contributed by atoms with Gasteiger partial charge in [-0.05, 0) is 26.2 Å². The van der Waals surface area contributed by atoms with Gasteiger partial charge in [0.15, 0.2) is 0 Å². The monoisotopic (exact) mass is 296 g/mol. The van der Waals surface area contributed by atoms with Gasteiger partial charge >= 0.3 is 5.69 Å². The summed E-state index contributed by atoms with van der Waals surface area (Å²) in [6.07, 6.45) is 4.87. The van der Waals surface area contributed by atoms with Crippen LogP contribution in [-0.4, -0.2) is 39.0 Å². The maximum Gasteiger partial charge on any atom is 0.333 e. The summed E-state index contributed by atoms with van der Waals surface area (Å²) in [6.45, 7) is 5.12. The summed E-state index contributed by atoms with van der Waals surface area (Å²) in [5.41, 5.74) is 0.535. The van der Waals surface area contributed by atoms with Crippen LogP contribution in [0.25, 0.3) is 0 Å². The Hall–Kier alpha value is -1.63. The van der Waals surface area contributed by atoms with E-state index in [1.54, 1.807) is 11.6 Å². The van der Waals surface area contributed by atoms with E-state index >= 15 is 0 Å². The number of hydrogen-bond donors (Lipinski definition) is 1. The van der Waals surface area contributed by atoms with Crippen molar-refractivity contribution in [2.45, 2.75) is 58.5 Å². The third-order valence-corrected chi connectivity index (χ3v) is 4.05. The van der Waals surface area contributed by atoms with Crippen LogP contribution >= 0.6 is 0 Å². The van der Waals surface area contributed by atoms with E-state index in [9.17, 15) is 15.2 Å². The van der Waals surface area contributed by atoms with E-state index in [1.807, 2.05) is 11.8 Å². The second-order valence-corrected chi connectivity index (χ2v) is 5.62. The third kappa shape index (κ3) is 3.18. The van der Waals surface area contributed by atoms with E-state index in [0.717, 1.165) is 38.6 Å². The Labute approximate surface area is 124 Å². The number of anilines is 1. The molecule has 0 aromatic carbocycles. The van der Waals surface area contributed by atoms with Crippen LogP contribution in [0.4, 0.5) is 11.5 Å². The number of aliphatic hydroxyl groups excluding tert-OH is 1. The lowest BCUT2D eigenvalue weighted by Gasteiger charge is -2.30. The Balaban J connectivity index is 2.49. The number of hydrogen-bond acceptors (Lipinski definition) is 5. The fraction of sp³-hybridized carbons (Fsp3) is 0.786. The van der Waals surface area contributed by atoms with Crippen molar-refractivity contribution in [2.75, 3.05) is 18.1 Å². The second kappa shape index (κ2) is 6.89. The van der Waals surface area contributed by atoms with E-state index in [4.69, 9.17) is 0 Å².